The van der Waals surface area contributed by atoms with E-state index in [9.17, 15) is 4.79 Å². The maximum absolute atomic E-state index is 12.3. The fourth-order valence-electron chi connectivity index (χ4n) is 2.14. The lowest BCUT2D eigenvalue weighted by molar-refractivity contribution is 0.419. The molecule has 20 heavy (non-hydrogen) atoms. The molecule has 0 spiro atoms. The van der Waals surface area contributed by atoms with Gasteiger partial charge in [-0.15, -0.1) is 0 Å². The molecular weight excluding hydrogens is 254 g/mol. The van der Waals surface area contributed by atoms with E-state index in [4.69, 9.17) is 14.9 Å². The Bertz CT molecular complexity index is 819. The van der Waals surface area contributed by atoms with E-state index in [1.807, 2.05) is 12.1 Å². The van der Waals surface area contributed by atoms with E-state index in [1.165, 1.54) is 13.2 Å². The highest BCUT2D eigenvalue weighted by Gasteiger charge is 2.10. The van der Waals surface area contributed by atoms with E-state index < -0.39 is 0 Å². The minimum absolute atomic E-state index is 0.129. The zero-order chi connectivity index (χ0) is 14.1. The summed E-state index contributed by atoms with van der Waals surface area (Å²) in [6.07, 6.45) is 0. The summed E-state index contributed by atoms with van der Waals surface area (Å²) in [5, 5.41) is 0.453. The molecule has 1 aromatic heterocycles. The standard InChI is InChI=1S/C16H13NO3/c1-19-13-3-2-4-14-16(13)12(18)9-15(20-14)10-5-7-11(17)8-6-10/h2-9H,17H2,1H3. The predicted molar refractivity (Wildman–Crippen MR) is 78.9 cm³/mol. The quantitative estimate of drug-likeness (QED) is 0.725. The number of ether oxygens (including phenoxy) is 1. The lowest BCUT2D eigenvalue weighted by Crippen LogP contribution is -2.02. The molecule has 4 heteroatoms. The second-order valence-electron chi connectivity index (χ2n) is 4.43. The summed E-state index contributed by atoms with van der Waals surface area (Å²) < 4.78 is 11.0. The van der Waals surface area contributed by atoms with E-state index >= 15 is 0 Å². The van der Waals surface area contributed by atoms with Gasteiger partial charge in [-0.1, -0.05) is 6.07 Å². The summed E-state index contributed by atoms with van der Waals surface area (Å²) in [5.74, 6) is 1.02. The van der Waals surface area contributed by atoms with Crippen LogP contribution in [0.2, 0.25) is 0 Å². The normalized spacial score (nSPS) is 10.7. The van der Waals surface area contributed by atoms with Crippen LogP contribution in [0.4, 0.5) is 5.69 Å². The van der Waals surface area contributed by atoms with Gasteiger partial charge in [0.05, 0.1) is 7.11 Å². The number of hydrogen-bond acceptors (Lipinski definition) is 4. The molecule has 100 valence electrons. The van der Waals surface area contributed by atoms with Gasteiger partial charge in [0.1, 0.15) is 22.5 Å². The summed E-state index contributed by atoms with van der Waals surface area (Å²) in [6, 6.07) is 13.9. The SMILES string of the molecule is COc1cccc2oc(-c3ccc(N)cc3)cc(=O)c12. The molecule has 0 aliphatic rings. The summed E-state index contributed by atoms with van der Waals surface area (Å²) in [6.45, 7) is 0. The summed E-state index contributed by atoms with van der Waals surface area (Å²) in [5.41, 5.74) is 7.50. The number of benzene rings is 2. The molecule has 4 nitrogen and oxygen atoms in total. The number of nitrogens with two attached hydrogens (primary N) is 1. The van der Waals surface area contributed by atoms with Gasteiger partial charge >= 0.3 is 0 Å². The van der Waals surface area contributed by atoms with E-state index in [2.05, 4.69) is 0 Å². The fraction of sp³-hybridized carbons (Fsp3) is 0.0625. The second kappa shape index (κ2) is 4.74. The summed E-state index contributed by atoms with van der Waals surface area (Å²) >= 11 is 0. The van der Waals surface area contributed by atoms with Crippen LogP contribution in [0.25, 0.3) is 22.3 Å². The molecule has 0 unspecified atom stereocenters. The van der Waals surface area contributed by atoms with Crippen molar-refractivity contribution in [3.63, 3.8) is 0 Å². The average molecular weight is 267 g/mol. The Morgan fingerprint density at radius 1 is 1.10 bits per heavy atom. The number of methoxy groups -OCH3 is 1. The molecule has 3 rings (SSSR count). The Balaban J connectivity index is 2.25. The van der Waals surface area contributed by atoms with Crippen LogP contribution >= 0.6 is 0 Å². The Labute approximate surface area is 115 Å². The first kappa shape index (κ1) is 12.3. The molecule has 0 fully saturated rings. The average Bonchev–Trinajstić information content (AvgIpc) is 2.47. The van der Waals surface area contributed by atoms with Crippen molar-refractivity contribution in [2.75, 3.05) is 12.8 Å². The van der Waals surface area contributed by atoms with Gasteiger partial charge in [0.2, 0.25) is 0 Å². The zero-order valence-corrected chi connectivity index (χ0v) is 10.9. The molecule has 2 aromatic carbocycles. The van der Waals surface area contributed by atoms with Gasteiger partial charge in [0.15, 0.2) is 5.43 Å². The van der Waals surface area contributed by atoms with Crippen molar-refractivity contribution in [2.24, 2.45) is 0 Å². The van der Waals surface area contributed by atoms with Crippen LogP contribution in [0.5, 0.6) is 5.75 Å². The summed E-state index contributed by atoms with van der Waals surface area (Å²) in [7, 11) is 1.53. The maximum Gasteiger partial charge on any atom is 0.197 e. The highest BCUT2D eigenvalue weighted by Crippen LogP contribution is 2.27. The molecule has 0 saturated heterocycles. The van der Waals surface area contributed by atoms with Gasteiger partial charge in [-0.2, -0.15) is 0 Å². The first-order chi connectivity index (χ1) is 9.69. The van der Waals surface area contributed by atoms with Crippen molar-refractivity contribution < 1.29 is 9.15 Å². The Kier molecular flexibility index (Phi) is 2.91. The van der Waals surface area contributed by atoms with E-state index in [0.717, 1.165) is 5.56 Å². The Hall–Kier alpha value is -2.75. The van der Waals surface area contributed by atoms with Gasteiger partial charge in [0, 0.05) is 17.3 Å². The monoisotopic (exact) mass is 267 g/mol. The molecular formula is C16H13NO3. The number of nitrogen functional groups attached to an aromatic ring is 1. The minimum Gasteiger partial charge on any atom is -0.496 e. The third-order valence-corrected chi connectivity index (χ3v) is 3.13. The fourth-order valence-corrected chi connectivity index (χ4v) is 2.14. The van der Waals surface area contributed by atoms with Crippen molar-refractivity contribution >= 4 is 16.7 Å². The smallest absolute Gasteiger partial charge is 0.197 e. The molecule has 0 aliphatic heterocycles. The maximum atomic E-state index is 12.3. The first-order valence-electron chi connectivity index (χ1n) is 6.16. The molecule has 0 saturated carbocycles. The van der Waals surface area contributed by atoms with Gasteiger partial charge in [-0.05, 0) is 36.4 Å². The van der Waals surface area contributed by atoms with Gasteiger partial charge in [-0.3, -0.25) is 4.79 Å². The topological polar surface area (TPSA) is 65.5 Å². The van der Waals surface area contributed by atoms with Crippen LogP contribution in [-0.2, 0) is 0 Å². The minimum atomic E-state index is -0.129. The molecule has 0 aliphatic carbocycles. The van der Waals surface area contributed by atoms with Crippen molar-refractivity contribution in [1.29, 1.82) is 0 Å². The highest BCUT2D eigenvalue weighted by molar-refractivity contribution is 5.84. The lowest BCUT2D eigenvalue weighted by atomic mass is 10.1. The van der Waals surface area contributed by atoms with Crippen LogP contribution in [0.15, 0.2) is 57.7 Å². The Morgan fingerprint density at radius 2 is 1.85 bits per heavy atom. The molecule has 0 atom stereocenters. The molecule has 0 amide bonds. The van der Waals surface area contributed by atoms with Crippen LogP contribution in [0, 0.1) is 0 Å². The van der Waals surface area contributed by atoms with Crippen molar-refractivity contribution in [1.82, 2.24) is 0 Å². The third-order valence-electron chi connectivity index (χ3n) is 3.13. The molecule has 0 radical (unpaired) electrons. The number of fused-ring (bicyclic) bond motifs is 1. The van der Waals surface area contributed by atoms with E-state index in [0.29, 0.717) is 28.2 Å². The number of hydrogen-bond donors (Lipinski definition) is 1. The second-order valence-corrected chi connectivity index (χ2v) is 4.43. The number of anilines is 1. The van der Waals surface area contributed by atoms with Crippen molar-refractivity contribution in [2.45, 2.75) is 0 Å². The van der Waals surface area contributed by atoms with Crippen LogP contribution in [0.3, 0.4) is 0 Å². The molecule has 1 heterocycles. The van der Waals surface area contributed by atoms with Crippen molar-refractivity contribution in [3.05, 3.63) is 58.8 Å². The lowest BCUT2D eigenvalue weighted by Gasteiger charge is -2.06. The van der Waals surface area contributed by atoms with Gasteiger partial charge < -0.3 is 14.9 Å². The highest BCUT2D eigenvalue weighted by atomic mass is 16.5. The van der Waals surface area contributed by atoms with Gasteiger partial charge in [0.25, 0.3) is 0 Å². The Morgan fingerprint density at radius 3 is 2.55 bits per heavy atom. The molecule has 2 N–H and O–H groups in total. The van der Waals surface area contributed by atoms with Crippen LogP contribution in [-0.4, -0.2) is 7.11 Å². The largest absolute Gasteiger partial charge is 0.496 e. The van der Waals surface area contributed by atoms with E-state index in [-0.39, 0.29) is 5.43 Å². The van der Waals surface area contributed by atoms with Gasteiger partial charge in [-0.25, -0.2) is 0 Å². The van der Waals surface area contributed by atoms with Crippen LogP contribution < -0.4 is 15.9 Å². The van der Waals surface area contributed by atoms with Crippen molar-refractivity contribution in [3.8, 4) is 17.1 Å². The predicted octanol–water partition coefficient (Wildman–Crippen LogP) is 3.05. The van der Waals surface area contributed by atoms with Crippen LogP contribution in [0.1, 0.15) is 0 Å². The third kappa shape index (κ3) is 2.01. The first-order valence-corrected chi connectivity index (χ1v) is 6.16. The van der Waals surface area contributed by atoms with E-state index in [1.54, 1.807) is 30.3 Å². The zero-order valence-electron chi connectivity index (χ0n) is 10.9. The molecule has 3 aromatic rings. The summed E-state index contributed by atoms with van der Waals surface area (Å²) in [4.78, 5) is 12.3. The number of rotatable bonds is 2. The molecule has 0 bridgehead atoms.